The van der Waals surface area contributed by atoms with Crippen molar-refractivity contribution in [2.75, 3.05) is 13.1 Å². The zero-order chi connectivity index (χ0) is 13.6. The molecule has 5 heteroatoms. The van der Waals surface area contributed by atoms with Crippen LogP contribution in [0.3, 0.4) is 0 Å². The maximum absolute atomic E-state index is 12.5. The molecule has 19 heavy (non-hydrogen) atoms. The highest BCUT2D eigenvalue weighted by molar-refractivity contribution is 9.10. The third kappa shape index (κ3) is 1.92. The molecule has 3 rings (SSSR count). The predicted molar refractivity (Wildman–Crippen MR) is 77.2 cm³/mol. The molecule has 0 saturated carbocycles. The summed E-state index contributed by atoms with van der Waals surface area (Å²) >= 11 is 3.41. The molecular formula is C14H17BrN3O+. The van der Waals surface area contributed by atoms with Crippen molar-refractivity contribution >= 4 is 27.0 Å². The Kier molecular flexibility index (Phi) is 2.98. The Bertz CT molecular complexity index is 653. The molecule has 0 unspecified atom stereocenters. The second kappa shape index (κ2) is 4.42. The molecule has 0 aliphatic carbocycles. The summed E-state index contributed by atoms with van der Waals surface area (Å²) in [6, 6.07) is 5.68. The van der Waals surface area contributed by atoms with E-state index in [0.717, 1.165) is 56.8 Å². The van der Waals surface area contributed by atoms with Crippen LogP contribution in [0.5, 0.6) is 0 Å². The van der Waals surface area contributed by atoms with Crippen LogP contribution in [0.4, 0.5) is 0 Å². The van der Waals surface area contributed by atoms with Gasteiger partial charge in [0.15, 0.2) is 12.2 Å². The number of benzene rings is 1. The summed E-state index contributed by atoms with van der Waals surface area (Å²) in [6.45, 7) is 8.10. The van der Waals surface area contributed by atoms with Crippen LogP contribution in [0.25, 0.3) is 11.0 Å². The fraction of sp³-hybridized carbons (Fsp3) is 0.429. The first-order valence-corrected chi connectivity index (χ1v) is 7.43. The highest BCUT2D eigenvalue weighted by Crippen LogP contribution is 2.28. The van der Waals surface area contributed by atoms with Crippen LogP contribution in [-0.2, 0) is 13.1 Å². The van der Waals surface area contributed by atoms with Gasteiger partial charge >= 0.3 is 0 Å². The van der Waals surface area contributed by atoms with E-state index in [9.17, 15) is 5.21 Å². The number of aromatic nitrogens is 2. The van der Waals surface area contributed by atoms with E-state index in [1.54, 1.807) is 0 Å². The summed E-state index contributed by atoms with van der Waals surface area (Å²) in [5.74, 6) is 0. The SMILES string of the molecule is CC[N+]1(CC)Cc2nc3ccc(Br)cc3[n+]([O-])c2C1. The first-order chi connectivity index (χ1) is 9.08. The van der Waals surface area contributed by atoms with Crippen molar-refractivity contribution in [1.29, 1.82) is 0 Å². The highest BCUT2D eigenvalue weighted by Gasteiger charge is 2.40. The molecule has 0 fully saturated rings. The standard InChI is InChI=1S/C14H17BrN3O/c1-3-18(4-2)8-12-14(9-18)17(19)13-7-10(15)5-6-11(13)16-12/h5-7H,3-4,8-9H2,1-2H3/q+1. The minimum Gasteiger partial charge on any atom is -0.618 e. The molecule has 1 aliphatic rings. The number of quaternary nitrogens is 1. The number of fused-ring (bicyclic) bond motifs is 2. The number of nitrogens with zero attached hydrogens (tertiary/aromatic N) is 3. The number of hydrogen-bond donors (Lipinski definition) is 0. The lowest BCUT2D eigenvalue weighted by Gasteiger charge is -2.30. The van der Waals surface area contributed by atoms with Gasteiger partial charge in [-0.25, -0.2) is 4.98 Å². The molecule has 0 atom stereocenters. The molecule has 2 aromatic rings. The number of hydrogen-bond acceptors (Lipinski definition) is 2. The quantitative estimate of drug-likeness (QED) is 0.484. The zero-order valence-corrected chi connectivity index (χ0v) is 12.8. The average molecular weight is 323 g/mol. The van der Waals surface area contributed by atoms with Gasteiger partial charge in [-0.3, -0.25) is 0 Å². The van der Waals surface area contributed by atoms with Crippen molar-refractivity contribution < 1.29 is 9.21 Å². The van der Waals surface area contributed by atoms with E-state index in [1.165, 1.54) is 0 Å². The summed E-state index contributed by atoms with van der Waals surface area (Å²) < 4.78 is 2.92. The fourth-order valence-electron chi connectivity index (χ4n) is 2.87. The molecule has 0 spiro atoms. The lowest BCUT2D eigenvalue weighted by Crippen LogP contribution is -2.43. The second-order valence-corrected chi connectivity index (χ2v) is 6.14. The summed E-state index contributed by atoms with van der Waals surface area (Å²) in [4.78, 5) is 4.69. The lowest BCUT2D eigenvalue weighted by atomic mass is 10.2. The molecule has 0 amide bonds. The van der Waals surface area contributed by atoms with Gasteiger partial charge in [0.1, 0.15) is 12.1 Å². The van der Waals surface area contributed by atoms with Gasteiger partial charge < -0.3 is 9.69 Å². The van der Waals surface area contributed by atoms with Gasteiger partial charge in [0.2, 0.25) is 5.52 Å². The maximum atomic E-state index is 12.5. The van der Waals surface area contributed by atoms with Gasteiger partial charge in [0.25, 0.3) is 5.69 Å². The third-order valence-corrected chi connectivity index (χ3v) is 4.80. The van der Waals surface area contributed by atoms with E-state index in [1.807, 2.05) is 18.2 Å². The monoisotopic (exact) mass is 322 g/mol. The zero-order valence-electron chi connectivity index (χ0n) is 11.2. The normalized spacial score (nSPS) is 16.8. The molecule has 100 valence electrons. The smallest absolute Gasteiger partial charge is 0.275 e. The Labute approximate surface area is 121 Å². The van der Waals surface area contributed by atoms with Crippen LogP contribution in [0.1, 0.15) is 25.2 Å². The fourth-order valence-corrected chi connectivity index (χ4v) is 3.22. The molecule has 4 nitrogen and oxygen atoms in total. The topological polar surface area (TPSA) is 39.8 Å². The Morgan fingerprint density at radius 2 is 2.05 bits per heavy atom. The first kappa shape index (κ1) is 12.8. The summed E-state index contributed by atoms with van der Waals surface area (Å²) in [5, 5.41) is 12.5. The second-order valence-electron chi connectivity index (χ2n) is 5.22. The van der Waals surface area contributed by atoms with E-state index in [4.69, 9.17) is 4.98 Å². The van der Waals surface area contributed by atoms with E-state index in [2.05, 4.69) is 29.8 Å². The van der Waals surface area contributed by atoms with Crippen molar-refractivity contribution in [3.05, 3.63) is 39.3 Å². The molecule has 0 N–H and O–H groups in total. The van der Waals surface area contributed by atoms with Gasteiger partial charge in [0.05, 0.1) is 13.1 Å². The highest BCUT2D eigenvalue weighted by atomic mass is 79.9. The Hall–Kier alpha value is -1.20. The van der Waals surface area contributed by atoms with Crippen LogP contribution in [0.15, 0.2) is 22.7 Å². The van der Waals surface area contributed by atoms with Crippen molar-refractivity contribution in [3.63, 3.8) is 0 Å². The van der Waals surface area contributed by atoms with Gasteiger partial charge in [-0.1, -0.05) is 15.9 Å². The Balaban J connectivity index is 2.20. The molecule has 1 aliphatic heterocycles. The molecule has 0 radical (unpaired) electrons. The van der Waals surface area contributed by atoms with Crippen LogP contribution in [0.2, 0.25) is 0 Å². The van der Waals surface area contributed by atoms with Gasteiger partial charge in [-0.05, 0) is 26.0 Å². The van der Waals surface area contributed by atoms with Gasteiger partial charge in [0, 0.05) is 10.5 Å². The van der Waals surface area contributed by atoms with Crippen LogP contribution in [-0.4, -0.2) is 22.6 Å². The summed E-state index contributed by atoms with van der Waals surface area (Å²) in [7, 11) is 0. The first-order valence-electron chi connectivity index (χ1n) is 6.64. The largest absolute Gasteiger partial charge is 0.618 e. The number of rotatable bonds is 2. The van der Waals surface area contributed by atoms with Crippen LogP contribution >= 0.6 is 15.9 Å². The predicted octanol–water partition coefficient (Wildman–Crippen LogP) is 2.50. The third-order valence-electron chi connectivity index (χ3n) is 4.30. The van der Waals surface area contributed by atoms with Crippen molar-refractivity contribution in [2.24, 2.45) is 0 Å². The Morgan fingerprint density at radius 1 is 1.32 bits per heavy atom. The van der Waals surface area contributed by atoms with E-state index in [-0.39, 0.29) is 0 Å². The van der Waals surface area contributed by atoms with Crippen molar-refractivity contribution in [1.82, 2.24) is 4.98 Å². The molecule has 1 aromatic carbocycles. The van der Waals surface area contributed by atoms with E-state index >= 15 is 0 Å². The molecular weight excluding hydrogens is 306 g/mol. The van der Waals surface area contributed by atoms with Gasteiger partial charge in [-0.15, -0.1) is 0 Å². The summed E-state index contributed by atoms with van der Waals surface area (Å²) in [5.41, 5.74) is 3.24. The van der Waals surface area contributed by atoms with E-state index < -0.39 is 0 Å². The van der Waals surface area contributed by atoms with Crippen LogP contribution in [0, 0.1) is 5.21 Å². The van der Waals surface area contributed by atoms with Crippen LogP contribution < -0.4 is 4.73 Å². The molecule has 0 bridgehead atoms. The maximum Gasteiger partial charge on any atom is 0.275 e. The minimum absolute atomic E-state index is 0.653. The van der Waals surface area contributed by atoms with Crippen molar-refractivity contribution in [3.8, 4) is 0 Å². The average Bonchev–Trinajstić information content (AvgIpc) is 2.80. The van der Waals surface area contributed by atoms with E-state index in [0.29, 0.717) is 5.52 Å². The lowest BCUT2D eigenvalue weighted by molar-refractivity contribution is -0.947. The Morgan fingerprint density at radius 3 is 2.74 bits per heavy atom. The van der Waals surface area contributed by atoms with Gasteiger partial charge in [-0.2, -0.15) is 4.73 Å². The van der Waals surface area contributed by atoms with Crippen molar-refractivity contribution in [2.45, 2.75) is 26.9 Å². The minimum atomic E-state index is 0.653. The molecule has 2 heterocycles. The molecule has 0 saturated heterocycles. The summed E-state index contributed by atoms with van der Waals surface area (Å²) in [6.07, 6.45) is 0. The molecule has 1 aromatic heterocycles. The number of halogens is 1.